The van der Waals surface area contributed by atoms with Gasteiger partial charge < -0.3 is 5.32 Å². The SMILES string of the molecule is FC(F)(F)C1CCCCC1NCc1cccc(Br)c1. The van der Waals surface area contributed by atoms with Crippen LogP contribution in [0.2, 0.25) is 0 Å². The largest absolute Gasteiger partial charge is 0.393 e. The minimum atomic E-state index is -4.09. The van der Waals surface area contributed by atoms with Crippen LogP contribution in [-0.4, -0.2) is 12.2 Å². The Kier molecular flexibility index (Phi) is 4.90. The van der Waals surface area contributed by atoms with Crippen molar-refractivity contribution in [3.05, 3.63) is 34.3 Å². The van der Waals surface area contributed by atoms with Gasteiger partial charge in [0.25, 0.3) is 0 Å². The van der Waals surface area contributed by atoms with E-state index >= 15 is 0 Å². The van der Waals surface area contributed by atoms with E-state index in [9.17, 15) is 13.2 Å². The zero-order chi connectivity index (χ0) is 13.9. The lowest BCUT2D eigenvalue weighted by Crippen LogP contribution is -2.45. The van der Waals surface area contributed by atoms with Crippen LogP contribution in [0.5, 0.6) is 0 Å². The smallest absolute Gasteiger partial charge is 0.309 e. The average Bonchev–Trinajstić information content (AvgIpc) is 2.36. The molecule has 2 rings (SSSR count). The quantitative estimate of drug-likeness (QED) is 0.847. The van der Waals surface area contributed by atoms with Gasteiger partial charge in [-0.3, -0.25) is 0 Å². The van der Waals surface area contributed by atoms with E-state index in [1.54, 1.807) is 0 Å². The van der Waals surface area contributed by atoms with Gasteiger partial charge in [-0.25, -0.2) is 0 Å². The molecule has 0 aliphatic heterocycles. The summed E-state index contributed by atoms with van der Waals surface area (Å²) in [6.45, 7) is 0.483. The number of nitrogens with one attached hydrogen (secondary N) is 1. The molecule has 0 aromatic heterocycles. The second kappa shape index (κ2) is 6.27. The summed E-state index contributed by atoms with van der Waals surface area (Å²) in [4.78, 5) is 0. The van der Waals surface area contributed by atoms with Gasteiger partial charge in [-0.15, -0.1) is 0 Å². The fourth-order valence-electron chi connectivity index (χ4n) is 2.66. The van der Waals surface area contributed by atoms with Gasteiger partial charge in [0.15, 0.2) is 0 Å². The predicted molar refractivity (Wildman–Crippen MR) is 72.8 cm³/mol. The molecule has 0 amide bonds. The van der Waals surface area contributed by atoms with Crippen LogP contribution in [0.3, 0.4) is 0 Å². The first kappa shape index (κ1) is 14.9. The van der Waals surface area contributed by atoms with Crippen molar-refractivity contribution < 1.29 is 13.2 Å². The Labute approximate surface area is 119 Å². The molecule has 0 spiro atoms. The minimum absolute atomic E-state index is 0.250. The molecule has 19 heavy (non-hydrogen) atoms. The Morgan fingerprint density at radius 1 is 1.21 bits per heavy atom. The standard InChI is InChI=1S/C14H17BrF3N/c15-11-5-3-4-10(8-11)9-19-13-7-2-1-6-12(13)14(16,17)18/h3-5,8,12-13,19H,1-2,6-7,9H2. The van der Waals surface area contributed by atoms with Crippen LogP contribution in [0, 0.1) is 5.92 Å². The van der Waals surface area contributed by atoms with Gasteiger partial charge in [0, 0.05) is 17.1 Å². The molecule has 1 N–H and O–H groups in total. The van der Waals surface area contributed by atoms with Crippen molar-refractivity contribution >= 4 is 15.9 Å². The topological polar surface area (TPSA) is 12.0 Å². The molecule has 1 aliphatic rings. The molecule has 1 aromatic rings. The minimum Gasteiger partial charge on any atom is -0.309 e. The van der Waals surface area contributed by atoms with Crippen molar-refractivity contribution in [1.82, 2.24) is 5.32 Å². The first-order valence-corrected chi connectivity index (χ1v) is 7.30. The number of hydrogen-bond acceptors (Lipinski definition) is 1. The zero-order valence-corrected chi connectivity index (χ0v) is 12.1. The van der Waals surface area contributed by atoms with Gasteiger partial charge in [-0.1, -0.05) is 40.9 Å². The number of alkyl halides is 3. The molecular formula is C14H17BrF3N. The predicted octanol–water partition coefficient (Wildman–Crippen LogP) is 4.66. The molecule has 1 saturated carbocycles. The lowest BCUT2D eigenvalue weighted by molar-refractivity contribution is -0.189. The average molecular weight is 336 g/mol. The molecule has 0 radical (unpaired) electrons. The summed E-state index contributed by atoms with van der Waals surface area (Å²) in [5, 5.41) is 3.08. The molecule has 0 bridgehead atoms. The summed E-state index contributed by atoms with van der Waals surface area (Å²) < 4.78 is 39.7. The monoisotopic (exact) mass is 335 g/mol. The third-order valence-corrected chi connectivity index (χ3v) is 4.14. The highest BCUT2D eigenvalue weighted by atomic mass is 79.9. The van der Waals surface area contributed by atoms with Crippen LogP contribution in [0.15, 0.2) is 28.7 Å². The van der Waals surface area contributed by atoms with Crippen LogP contribution in [-0.2, 0) is 6.54 Å². The molecule has 2 atom stereocenters. The number of halogens is 4. The Balaban J connectivity index is 1.97. The van der Waals surface area contributed by atoms with Crippen molar-refractivity contribution in [3.63, 3.8) is 0 Å². The third kappa shape index (κ3) is 4.21. The summed E-state index contributed by atoms with van der Waals surface area (Å²) in [6, 6.07) is 7.20. The van der Waals surface area contributed by atoms with Crippen LogP contribution < -0.4 is 5.32 Å². The fourth-order valence-corrected chi connectivity index (χ4v) is 3.11. The number of hydrogen-bond donors (Lipinski definition) is 1. The van der Waals surface area contributed by atoms with Gasteiger partial charge in [0.05, 0.1) is 5.92 Å². The van der Waals surface area contributed by atoms with Crippen LogP contribution in [0.4, 0.5) is 13.2 Å². The van der Waals surface area contributed by atoms with E-state index in [2.05, 4.69) is 21.2 Å². The summed E-state index contributed by atoms with van der Waals surface area (Å²) in [7, 11) is 0. The van der Waals surface area contributed by atoms with E-state index in [1.165, 1.54) is 0 Å². The van der Waals surface area contributed by atoms with Crippen molar-refractivity contribution in [3.8, 4) is 0 Å². The summed E-state index contributed by atoms with van der Waals surface area (Å²) in [5.74, 6) is -1.20. The molecule has 1 nitrogen and oxygen atoms in total. The first-order valence-electron chi connectivity index (χ1n) is 6.51. The Hall–Kier alpha value is -0.550. The molecule has 5 heteroatoms. The van der Waals surface area contributed by atoms with E-state index in [4.69, 9.17) is 0 Å². The van der Waals surface area contributed by atoms with E-state index in [0.29, 0.717) is 19.4 Å². The van der Waals surface area contributed by atoms with Crippen LogP contribution >= 0.6 is 15.9 Å². The Morgan fingerprint density at radius 2 is 1.95 bits per heavy atom. The van der Waals surface area contributed by atoms with Crippen molar-refractivity contribution in [2.75, 3.05) is 0 Å². The molecule has 1 aliphatic carbocycles. The second-order valence-corrected chi connectivity index (χ2v) is 5.97. The van der Waals surface area contributed by atoms with Gasteiger partial charge in [-0.05, 0) is 30.5 Å². The highest BCUT2D eigenvalue weighted by Gasteiger charge is 2.45. The fraction of sp³-hybridized carbons (Fsp3) is 0.571. The maximum absolute atomic E-state index is 12.9. The highest BCUT2D eigenvalue weighted by molar-refractivity contribution is 9.10. The summed E-state index contributed by atoms with van der Waals surface area (Å²) >= 11 is 3.36. The van der Waals surface area contributed by atoms with Gasteiger partial charge in [0.2, 0.25) is 0 Å². The Morgan fingerprint density at radius 3 is 2.63 bits per heavy atom. The van der Waals surface area contributed by atoms with Crippen molar-refractivity contribution in [2.24, 2.45) is 5.92 Å². The van der Waals surface area contributed by atoms with Crippen LogP contribution in [0.1, 0.15) is 31.2 Å². The third-order valence-electron chi connectivity index (χ3n) is 3.64. The van der Waals surface area contributed by atoms with E-state index in [0.717, 1.165) is 16.5 Å². The molecule has 0 saturated heterocycles. The van der Waals surface area contributed by atoms with Gasteiger partial charge >= 0.3 is 6.18 Å². The molecule has 1 fully saturated rings. The Bertz CT molecular complexity index is 419. The maximum Gasteiger partial charge on any atom is 0.393 e. The molecule has 0 heterocycles. The van der Waals surface area contributed by atoms with Crippen molar-refractivity contribution in [2.45, 2.75) is 44.4 Å². The van der Waals surface area contributed by atoms with Gasteiger partial charge in [0.1, 0.15) is 0 Å². The van der Waals surface area contributed by atoms with Gasteiger partial charge in [-0.2, -0.15) is 13.2 Å². The molecule has 2 unspecified atom stereocenters. The van der Waals surface area contributed by atoms with E-state index < -0.39 is 18.1 Å². The summed E-state index contributed by atoms with van der Waals surface area (Å²) in [6.07, 6.45) is -1.67. The van der Waals surface area contributed by atoms with Crippen molar-refractivity contribution in [1.29, 1.82) is 0 Å². The summed E-state index contributed by atoms with van der Waals surface area (Å²) in [5.41, 5.74) is 1.00. The normalized spacial score (nSPS) is 24.4. The number of rotatable bonds is 3. The van der Waals surface area contributed by atoms with E-state index in [1.807, 2.05) is 24.3 Å². The zero-order valence-electron chi connectivity index (χ0n) is 10.5. The highest BCUT2D eigenvalue weighted by Crippen LogP contribution is 2.37. The lowest BCUT2D eigenvalue weighted by atomic mass is 9.84. The lowest BCUT2D eigenvalue weighted by Gasteiger charge is -2.33. The molecule has 1 aromatic carbocycles. The number of benzene rings is 1. The van der Waals surface area contributed by atoms with Crippen LogP contribution in [0.25, 0.3) is 0 Å². The maximum atomic E-state index is 12.9. The second-order valence-electron chi connectivity index (χ2n) is 5.05. The molecular weight excluding hydrogens is 319 g/mol. The van der Waals surface area contributed by atoms with E-state index in [-0.39, 0.29) is 6.42 Å². The molecule has 106 valence electrons. The first-order chi connectivity index (χ1) is 8.97.